The Morgan fingerprint density at radius 3 is 2.79 bits per heavy atom. The fraction of sp³-hybridized carbons (Fsp3) is 0.357. The fourth-order valence-electron chi connectivity index (χ4n) is 2.32. The first-order valence-electron chi connectivity index (χ1n) is 6.62. The van der Waals surface area contributed by atoms with Crippen LogP contribution in [0, 0.1) is 0 Å². The van der Waals surface area contributed by atoms with Gasteiger partial charge in [-0.3, -0.25) is 0 Å². The van der Waals surface area contributed by atoms with E-state index in [2.05, 4.69) is 31.2 Å². The molecule has 0 aliphatic carbocycles. The Hall–Kier alpha value is -2.17. The quantitative estimate of drug-likeness (QED) is 0.906. The third kappa shape index (κ3) is 2.81. The smallest absolute Gasteiger partial charge is 0.151 e. The molecule has 2 aromatic heterocycles. The lowest BCUT2D eigenvalue weighted by Crippen LogP contribution is -2.20. The Bertz CT molecular complexity index is 522. The summed E-state index contributed by atoms with van der Waals surface area (Å²) in [5.74, 6) is 1.05. The van der Waals surface area contributed by atoms with E-state index in [4.69, 9.17) is 0 Å². The predicted molar refractivity (Wildman–Crippen MR) is 75.0 cm³/mol. The summed E-state index contributed by atoms with van der Waals surface area (Å²) in [5, 5.41) is 3.41. The molecule has 0 unspecified atom stereocenters. The van der Waals surface area contributed by atoms with Crippen LogP contribution in [0.4, 0.5) is 11.5 Å². The molecule has 2 aromatic rings. The second-order valence-electron chi connectivity index (χ2n) is 4.62. The number of nitrogens with one attached hydrogen (secondary N) is 1. The summed E-state index contributed by atoms with van der Waals surface area (Å²) in [6.07, 6.45) is 7.68. The topological polar surface area (TPSA) is 53.9 Å². The van der Waals surface area contributed by atoms with Crippen LogP contribution in [0.3, 0.4) is 0 Å². The van der Waals surface area contributed by atoms with E-state index in [1.807, 2.05) is 18.3 Å². The van der Waals surface area contributed by atoms with Crippen LogP contribution in [0.15, 0.2) is 36.9 Å². The molecule has 1 aliphatic heterocycles. The first-order valence-corrected chi connectivity index (χ1v) is 6.62. The van der Waals surface area contributed by atoms with Crippen LogP contribution in [0.5, 0.6) is 0 Å². The van der Waals surface area contributed by atoms with Gasteiger partial charge in [0.1, 0.15) is 6.33 Å². The van der Waals surface area contributed by atoms with E-state index in [9.17, 15) is 0 Å². The monoisotopic (exact) mass is 255 g/mol. The number of rotatable bonds is 4. The molecule has 5 nitrogen and oxygen atoms in total. The minimum atomic E-state index is 0.690. The number of nitrogens with zero attached hydrogens (tertiary/aromatic N) is 4. The van der Waals surface area contributed by atoms with Gasteiger partial charge in [-0.05, 0) is 31.0 Å². The van der Waals surface area contributed by atoms with Crippen LogP contribution >= 0.6 is 0 Å². The van der Waals surface area contributed by atoms with Crippen molar-refractivity contribution in [2.45, 2.75) is 19.4 Å². The zero-order valence-corrected chi connectivity index (χ0v) is 10.8. The van der Waals surface area contributed by atoms with Crippen LogP contribution in [0.25, 0.3) is 0 Å². The molecule has 0 amide bonds. The average Bonchev–Trinajstić information content (AvgIpc) is 3.01. The molecule has 1 saturated heterocycles. The largest absolute Gasteiger partial charge is 0.376 e. The Balaban J connectivity index is 1.73. The Morgan fingerprint density at radius 2 is 2.00 bits per heavy atom. The minimum Gasteiger partial charge on any atom is -0.376 e. The van der Waals surface area contributed by atoms with Crippen LogP contribution in [0.1, 0.15) is 18.5 Å². The van der Waals surface area contributed by atoms with Gasteiger partial charge in [0, 0.05) is 25.5 Å². The molecular formula is C14H17N5. The highest BCUT2D eigenvalue weighted by Crippen LogP contribution is 2.26. The second-order valence-corrected chi connectivity index (χ2v) is 4.62. The van der Waals surface area contributed by atoms with Gasteiger partial charge in [-0.2, -0.15) is 0 Å². The van der Waals surface area contributed by atoms with Gasteiger partial charge in [-0.1, -0.05) is 0 Å². The van der Waals surface area contributed by atoms with E-state index in [1.54, 1.807) is 12.5 Å². The maximum absolute atomic E-state index is 4.50. The normalized spacial score (nSPS) is 14.6. The number of pyridine rings is 1. The number of aromatic nitrogens is 3. The van der Waals surface area contributed by atoms with E-state index < -0.39 is 0 Å². The average molecular weight is 255 g/mol. The molecule has 0 saturated carbocycles. The summed E-state index contributed by atoms with van der Waals surface area (Å²) < 4.78 is 0. The lowest BCUT2D eigenvalue weighted by molar-refractivity contribution is 0.930. The lowest BCUT2D eigenvalue weighted by Gasteiger charge is -2.20. The SMILES string of the molecule is c1cnc(N2CCCC2)c(NCc2ccncn2)c1. The maximum atomic E-state index is 4.50. The fourth-order valence-corrected chi connectivity index (χ4v) is 2.32. The van der Waals surface area contributed by atoms with Gasteiger partial charge in [-0.15, -0.1) is 0 Å². The summed E-state index contributed by atoms with van der Waals surface area (Å²) in [6, 6.07) is 5.95. The molecule has 19 heavy (non-hydrogen) atoms. The van der Waals surface area contributed by atoms with Crippen LogP contribution in [0.2, 0.25) is 0 Å². The third-order valence-corrected chi connectivity index (χ3v) is 3.30. The van der Waals surface area contributed by atoms with E-state index >= 15 is 0 Å². The van der Waals surface area contributed by atoms with Crippen LogP contribution in [-0.2, 0) is 6.54 Å². The molecule has 1 fully saturated rings. The molecule has 1 N–H and O–H groups in total. The summed E-state index contributed by atoms with van der Waals surface area (Å²) >= 11 is 0. The van der Waals surface area contributed by atoms with Gasteiger partial charge in [0.15, 0.2) is 5.82 Å². The number of hydrogen-bond donors (Lipinski definition) is 1. The highest BCUT2D eigenvalue weighted by molar-refractivity contribution is 5.65. The van der Waals surface area contributed by atoms with Crippen molar-refractivity contribution in [3.8, 4) is 0 Å². The zero-order chi connectivity index (χ0) is 12.9. The molecule has 5 heteroatoms. The van der Waals surface area contributed by atoms with Gasteiger partial charge in [0.2, 0.25) is 0 Å². The van der Waals surface area contributed by atoms with Crippen molar-refractivity contribution in [1.29, 1.82) is 0 Å². The summed E-state index contributed by atoms with van der Waals surface area (Å²) in [6.45, 7) is 2.88. The van der Waals surface area contributed by atoms with Gasteiger partial charge < -0.3 is 10.2 Å². The van der Waals surface area contributed by atoms with E-state index in [-0.39, 0.29) is 0 Å². The highest BCUT2D eigenvalue weighted by atomic mass is 15.2. The first kappa shape index (κ1) is 11.9. The standard InChI is InChI=1S/C14H17N5/c1-2-9-19(8-1)14-13(4-3-6-16-14)17-10-12-5-7-15-11-18-12/h3-7,11,17H,1-2,8-10H2. The predicted octanol–water partition coefficient (Wildman–Crippen LogP) is 2.08. The molecule has 3 rings (SSSR count). The van der Waals surface area contributed by atoms with Gasteiger partial charge >= 0.3 is 0 Å². The van der Waals surface area contributed by atoms with Crippen molar-refractivity contribution in [3.63, 3.8) is 0 Å². The van der Waals surface area contributed by atoms with Crippen LogP contribution in [-0.4, -0.2) is 28.0 Å². The molecule has 1 aliphatic rings. The second kappa shape index (κ2) is 5.65. The minimum absolute atomic E-state index is 0.690. The molecule has 98 valence electrons. The third-order valence-electron chi connectivity index (χ3n) is 3.30. The zero-order valence-electron chi connectivity index (χ0n) is 10.8. The Kier molecular flexibility index (Phi) is 3.54. The van der Waals surface area contributed by atoms with Gasteiger partial charge in [-0.25, -0.2) is 15.0 Å². The van der Waals surface area contributed by atoms with E-state index in [0.717, 1.165) is 30.3 Å². The van der Waals surface area contributed by atoms with Crippen molar-refractivity contribution in [2.75, 3.05) is 23.3 Å². The molecule has 0 spiro atoms. The Morgan fingerprint density at radius 1 is 1.11 bits per heavy atom. The summed E-state index contributed by atoms with van der Waals surface area (Å²) in [7, 11) is 0. The molecule has 0 atom stereocenters. The van der Waals surface area contributed by atoms with Crippen molar-refractivity contribution in [1.82, 2.24) is 15.0 Å². The first-order chi connectivity index (χ1) is 9.43. The number of hydrogen-bond acceptors (Lipinski definition) is 5. The molecule has 0 aromatic carbocycles. The van der Waals surface area contributed by atoms with Crippen molar-refractivity contribution < 1.29 is 0 Å². The van der Waals surface area contributed by atoms with Crippen LogP contribution < -0.4 is 10.2 Å². The van der Waals surface area contributed by atoms with Crippen molar-refractivity contribution in [3.05, 3.63) is 42.6 Å². The van der Waals surface area contributed by atoms with E-state index in [0.29, 0.717) is 6.54 Å². The summed E-state index contributed by atoms with van der Waals surface area (Å²) in [5.41, 5.74) is 2.05. The van der Waals surface area contributed by atoms with Gasteiger partial charge in [0.25, 0.3) is 0 Å². The highest BCUT2D eigenvalue weighted by Gasteiger charge is 2.16. The maximum Gasteiger partial charge on any atom is 0.151 e. The van der Waals surface area contributed by atoms with Crippen molar-refractivity contribution >= 4 is 11.5 Å². The summed E-state index contributed by atoms with van der Waals surface area (Å²) in [4.78, 5) is 15.0. The Labute approximate surface area is 112 Å². The van der Waals surface area contributed by atoms with E-state index in [1.165, 1.54) is 12.8 Å². The lowest BCUT2D eigenvalue weighted by atomic mass is 10.3. The molecule has 0 bridgehead atoms. The van der Waals surface area contributed by atoms with Crippen molar-refractivity contribution in [2.24, 2.45) is 0 Å². The molecular weight excluding hydrogens is 238 g/mol. The number of anilines is 2. The van der Waals surface area contributed by atoms with Gasteiger partial charge in [0.05, 0.1) is 17.9 Å². The molecule has 0 radical (unpaired) electrons. The molecule has 3 heterocycles.